The molecule has 1 heterocycles. The first kappa shape index (κ1) is 13.1. The van der Waals surface area contributed by atoms with E-state index in [9.17, 15) is 18.0 Å². The van der Waals surface area contributed by atoms with Crippen molar-refractivity contribution in [1.82, 2.24) is 4.57 Å². The molecule has 0 radical (unpaired) electrons. The molecule has 0 N–H and O–H groups in total. The molecule has 0 aliphatic rings. The number of halogens is 3. The van der Waals surface area contributed by atoms with Crippen LogP contribution in [0.1, 0.15) is 12.1 Å². The smallest absolute Gasteiger partial charge is 0.304 e. The third-order valence-corrected chi connectivity index (χ3v) is 2.04. The summed E-state index contributed by atoms with van der Waals surface area (Å²) < 4.78 is 38.3. The third-order valence-electron chi connectivity index (χ3n) is 2.04. The van der Waals surface area contributed by atoms with Gasteiger partial charge in [-0.15, -0.1) is 0 Å². The van der Waals surface area contributed by atoms with Gasteiger partial charge in [0, 0.05) is 24.1 Å². The van der Waals surface area contributed by atoms with Crippen molar-refractivity contribution in [3.63, 3.8) is 0 Å². The lowest BCUT2D eigenvalue weighted by Crippen LogP contribution is -2.27. The zero-order valence-electron chi connectivity index (χ0n) is 8.68. The number of hydrogen-bond acceptors (Lipinski definition) is 2. The normalized spacial score (nSPS) is 11.0. The third kappa shape index (κ3) is 3.53. The van der Waals surface area contributed by atoms with Gasteiger partial charge in [0.05, 0.1) is 0 Å². The fourth-order valence-corrected chi connectivity index (χ4v) is 1.34. The van der Waals surface area contributed by atoms with E-state index < -0.39 is 17.4 Å². The van der Waals surface area contributed by atoms with E-state index in [0.29, 0.717) is 4.57 Å². The van der Waals surface area contributed by atoms with Gasteiger partial charge in [0.15, 0.2) is 0 Å². The molecule has 17 heavy (non-hydrogen) atoms. The Morgan fingerprint density at radius 2 is 2.12 bits per heavy atom. The summed E-state index contributed by atoms with van der Waals surface area (Å²) in [6, 6.07) is 2.97. The van der Waals surface area contributed by atoms with Crippen LogP contribution in [-0.2, 0) is 12.7 Å². The van der Waals surface area contributed by atoms with Gasteiger partial charge in [-0.05, 0) is 18.0 Å². The Balaban J connectivity index is 2.96. The van der Waals surface area contributed by atoms with E-state index in [0.717, 1.165) is 18.2 Å². The summed E-state index contributed by atoms with van der Waals surface area (Å²) in [6.45, 7) is -0.0807. The molecule has 0 saturated carbocycles. The van der Waals surface area contributed by atoms with E-state index in [1.807, 2.05) is 0 Å². The Labute approximate surface area is 94.1 Å². The van der Waals surface area contributed by atoms with Gasteiger partial charge in [0.1, 0.15) is 5.69 Å². The van der Waals surface area contributed by atoms with E-state index in [1.165, 1.54) is 0 Å². The molecule has 0 aliphatic carbocycles. The number of hydrogen-bond donors (Lipinski definition) is 0. The molecule has 1 aromatic rings. The number of nitrogens with zero attached hydrogens (tertiary/aromatic N) is 4. The zero-order valence-corrected chi connectivity index (χ0v) is 8.68. The minimum Gasteiger partial charge on any atom is -0.304 e. The maximum absolute atomic E-state index is 12.6. The highest BCUT2D eigenvalue weighted by Crippen LogP contribution is 2.28. The molecule has 1 aromatic heterocycles. The quantitative estimate of drug-likeness (QED) is 0.348. The van der Waals surface area contributed by atoms with Crippen LogP contribution in [0.3, 0.4) is 0 Å². The number of aromatic nitrogens is 1. The van der Waals surface area contributed by atoms with Gasteiger partial charge in [0.25, 0.3) is 5.56 Å². The van der Waals surface area contributed by atoms with Gasteiger partial charge in [-0.25, -0.2) is 0 Å². The molecule has 0 aromatic carbocycles. The highest BCUT2D eigenvalue weighted by molar-refractivity contribution is 5.10. The lowest BCUT2D eigenvalue weighted by Gasteiger charge is -2.14. The zero-order chi connectivity index (χ0) is 12.9. The fourth-order valence-electron chi connectivity index (χ4n) is 1.34. The van der Waals surface area contributed by atoms with Crippen LogP contribution in [0.4, 0.5) is 13.2 Å². The Kier molecular flexibility index (Phi) is 4.17. The van der Waals surface area contributed by atoms with E-state index in [2.05, 4.69) is 10.0 Å². The molecule has 0 fully saturated rings. The lowest BCUT2D eigenvalue weighted by molar-refractivity contribution is -0.144. The van der Waals surface area contributed by atoms with Gasteiger partial charge in [-0.1, -0.05) is 11.2 Å². The van der Waals surface area contributed by atoms with Crippen LogP contribution in [0.25, 0.3) is 10.4 Å². The predicted molar refractivity (Wildman–Crippen MR) is 54.3 cm³/mol. The second-order valence-corrected chi connectivity index (χ2v) is 3.21. The van der Waals surface area contributed by atoms with Crippen molar-refractivity contribution < 1.29 is 13.2 Å². The van der Waals surface area contributed by atoms with E-state index in [4.69, 9.17) is 5.53 Å². The molecule has 8 heteroatoms. The Bertz CT molecular complexity index is 488. The van der Waals surface area contributed by atoms with Crippen LogP contribution in [0, 0.1) is 0 Å². The van der Waals surface area contributed by atoms with Crippen molar-refractivity contribution in [3.8, 4) is 0 Å². The van der Waals surface area contributed by atoms with Crippen molar-refractivity contribution in [2.24, 2.45) is 5.11 Å². The first-order valence-corrected chi connectivity index (χ1v) is 4.74. The lowest BCUT2D eigenvalue weighted by atomic mass is 10.3. The number of azide groups is 1. The molecular formula is C9H9F3N4O. The molecule has 92 valence electrons. The summed E-state index contributed by atoms with van der Waals surface area (Å²) in [4.78, 5) is 13.8. The van der Waals surface area contributed by atoms with Crippen LogP contribution < -0.4 is 5.56 Å². The standard InChI is InChI=1S/C9H9F3N4O/c10-9(11,12)7-3-1-4-8(17)16(7)6-2-5-14-15-13/h1,3-4H,2,5-6H2. The monoisotopic (exact) mass is 246 g/mol. The molecule has 5 nitrogen and oxygen atoms in total. The highest BCUT2D eigenvalue weighted by Gasteiger charge is 2.33. The van der Waals surface area contributed by atoms with Crippen LogP contribution in [-0.4, -0.2) is 11.1 Å². The molecule has 0 aliphatic heterocycles. The second kappa shape index (κ2) is 5.40. The Hall–Kier alpha value is -1.95. The Morgan fingerprint density at radius 3 is 2.71 bits per heavy atom. The molecule has 0 amide bonds. The fraction of sp³-hybridized carbons (Fsp3) is 0.444. The van der Waals surface area contributed by atoms with Crippen LogP contribution in [0.2, 0.25) is 0 Å². The van der Waals surface area contributed by atoms with Gasteiger partial charge >= 0.3 is 6.18 Å². The van der Waals surface area contributed by atoms with Crippen LogP contribution in [0.15, 0.2) is 28.1 Å². The van der Waals surface area contributed by atoms with Crippen molar-refractivity contribution in [3.05, 3.63) is 44.7 Å². The molecular weight excluding hydrogens is 237 g/mol. The molecule has 0 unspecified atom stereocenters. The maximum atomic E-state index is 12.6. The van der Waals surface area contributed by atoms with Gasteiger partial charge in [-0.3, -0.25) is 4.79 Å². The molecule has 0 spiro atoms. The van der Waals surface area contributed by atoms with E-state index >= 15 is 0 Å². The summed E-state index contributed by atoms with van der Waals surface area (Å²) in [6.07, 6.45) is -4.39. The van der Waals surface area contributed by atoms with Gasteiger partial charge in [0.2, 0.25) is 0 Å². The molecule has 0 bridgehead atoms. The average Bonchev–Trinajstić information content (AvgIpc) is 2.24. The number of pyridine rings is 1. The summed E-state index contributed by atoms with van der Waals surface area (Å²) in [5, 5.41) is 3.19. The largest absolute Gasteiger partial charge is 0.431 e. The summed E-state index contributed by atoms with van der Waals surface area (Å²) in [7, 11) is 0. The molecule has 0 atom stereocenters. The minimum absolute atomic E-state index is 0.0507. The summed E-state index contributed by atoms with van der Waals surface area (Å²) >= 11 is 0. The van der Waals surface area contributed by atoms with Gasteiger partial charge in [-0.2, -0.15) is 13.2 Å². The van der Waals surface area contributed by atoms with Crippen molar-refractivity contribution in [1.29, 1.82) is 0 Å². The van der Waals surface area contributed by atoms with Crippen molar-refractivity contribution in [2.75, 3.05) is 6.54 Å². The predicted octanol–water partition coefficient (Wildman–Crippen LogP) is 2.57. The molecule has 0 saturated heterocycles. The highest BCUT2D eigenvalue weighted by atomic mass is 19.4. The first-order valence-electron chi connectivity index (χ1n) is 4.74. The van der Waals surface area contributed by atoms with Crippen molar-refractivity contribution >= 4 is 0 Å². The van der Waals surface area contributed by atoms with Crippen molar-refractivity contribution in [2.45, 2.75) is 19.1 Å². The number of rotatable bonds is 4. The first-order chi connectivity index (χ1) is 7.96. The van der Waals surface area contributed by atoms with E-state index in [-0.39, 0.29) is 19.5 Å². The average molecular weight is 246 g/mol. The van der Waals surface area contributed by atoms with Crippen LogP contribution >= 0.6 is 0 Å². The minimum atomic E-state index is -4.57. The number of alkyl halides is 3. The SMILES string of the molecule is [N-]=[N+]=NCCCn1c(C(F)(F)F)cccc1=O. The van der Waals surface area contributed by atoms with Gasteiger partial charge < -0.3 is 4.57 Å². The molecule has 1 rings (SSSR count). The van der Waals surface area contributed by atoms with Crippen LogP contribution in [0.5, 0.6) is 0 Å². The second-order valence-electron chi connectivity index (χ2n) is 3.21. The van der Waals surface area contributed by atoms with E-state index in [1.54, 1.807) is 0 Å². The summed E-state index contributed by atoms with van der Waals surface area (Å²) in [5.41, 5.74) is 6.30. The summed E-state index contributed by atoms with van der Waals surface area (Å²) in [5.74, 6) is 0. The maximum Gasteiger partial charge on any atom is 0.431 e. The topological polar surface area (TPSA) is 70.8 Å². The Morgan fingerprint density at radius 1 is 1.41 bits per heavy atom.